The highest BCUT2D eigenvalue weighted by molar-refractivity contribution is 5.32. The Kier molecular flexibility index (Phi) is 25.5. The average Bonchev–Trinajstić information content (AvgIpc) is 1.25. The molecule has 9 fully saturated rings. The number of aliphatic hydroxyl groups is 22. The first-order chi connectivity index (χ1) is 46.9. The molecular formula is C66H112O34. The second-order valence-electron chi connectivity index (χ2n) is 31.5. The van der Waals surface area contributed by atoms with Crippen molar-refractivity contribution in [3.63, 3.8) is 0 Å². The molecule has 0 aromatic carbocycles. The minimum Gasteiger partial charge on any atom is -0.394 e. The van der Waals surface area contributed by atoms with E-state index >= 15 is 0 Å². The van der Waals surface area contributed by atoms with Gasteiger partial charge in [-0.3, -0.25) is 0 Å². The van der Waals surface area contributed by atoms with Crippen molar-refractivity contribution in [1.82, 2.24) is 0 Å². The third-order valence-corrected chi connectivity index (χ3v) is 25.0. The molecule has 22 N–H and O–H groups in total. The van der Waals surface area contributed by atoms with Crippen LogP contribution in [0.4, 0.5) is 0 Å². The zero-order chi connectivity index (χ0) is 73.5. The molecule has 10 rings (SSSR count). The molecule has 10 aliphatic rings. The maximum absolute atomic E-state index is 12.9. The van der Waals surface area contributed by atoms with Gasteiger partial charge in [0.05, 0.1) is 63.6 Å². The largest absolute Gasteiger partial charge is 0.394 e. The normalized spacial score (nSPS) is 52.1. The van der Waals surface area contributed by atoms with Gasteiger partial charge in [0.1, 0.15) is 146 Å². The Morgan fingerprint density at radius 3 is 1.35 bits per heavy atom. The van der Waals surface area contributed by atoms with Crippen LogP contribution in [-0.2, 0) is 56.8 Å². The molecule has 0 spiro atoms. The number of aliphatic hydroxyl groups excluding tert-OH is 21. The standard InChI is InChI=1S/C66H112O34/c1-24(25-15-16-64(6)34-12-10-26-27(66(34,8)35(71)17-65(25,64)7)11-14-36(62(26,2)3)97-58-52(86)47(81)42(76)32(95-58)22-89-56-50(84)44(78)38(72)28(18-67)91-56)9-13-37(63(4,5)88)98-60-54(49(83)43(77)33(96-60)23-90-57-51(85)45(79)39(73)29(19-68)92-57)100-61-55(48(82)41(75)31(21-70)94-61)99-59-53(87)46(80)40(74)30(20-69)93-59/h10,24-25,27-61,67-88H,9,11-23H2,1-8H3/t24-,25?,27?,28?,29?,30?,31?,32?,33?,34?,35-,36+,37-,38?,39?,40?,41?,42?,43?,44?,45?,46?,47?,48?,49?,50?,51?,52?,53?,54?,55?,56?,57?,58?,59?,60?,61?,64+,65-,66+/m1/s1. The topological polar surface area (TPSA) is 556 Å². The summed E-state index contributed by atoms with van der Waals surface area (Å²) >= 11 is 0. The van der Waals surface area contributed by atoms with E-state index in [1.165, 1.54) is 13.8 Å². The van der Waals surface area contributed by atoms with Crippen LogP contribution in [0.3, 0.4) is 0 Å². The third-order valence-electron chi connectivity index (χ3n) is 25.0. The second-order valence-corrected chi connectivity index (χ2v) is 31.5. The number of rotatable bonds is 23. The molecule has 33 unspecified atom stereocenters. The smallest absolute Gasteiger partial charge is 0.187 e. The molecule has 0 bridgehead atoms. The lowest BCUT2D eigenvalue weighted by Crippen LogP contribution is -2.67. The van der Waals surface area contributed by atoms with Gasteiger partial charge in [-0.15, -0.1) is 0 Å². The van der Waals surface area contributed by atoms with Crippen LogP contribution in [0.5, 0.6) is 0 Å². The molecule has 34 nitrogen and oxygen atoms in total. The van der Waals surface area contributed by atoms with Crippen molar-refractivity contribution in [3.05, 3.63) is 11.6 Å². The van der Waals surface area contributed by atoms with Gasteiger partial charge in [-0.2, -0.15) is 0 Å². The summed E-state index contributed by atoms with van der Waals surface area (Å²) in [6.45, 7) is 11.2. The molecule has 0 radical (unpaired) electrons. The van der Waals surface area contributed by atoms with Crippen molar-refractivity contribution < 1.29 is 169 Å². The molecule has 0 aromatic heterocycles. The molecule has 6 aliphatic heterocycles. The zero-order valence-electron chi connectivity index (χ0n) is 57.6. The Morgan fingerprint density at radius 1 is 0.460 bits per heavy atom. The summed E-state index contributed by atoms with van der Waals surface area (Å²) in [7, 11) is 0. The average molecular weight is 1450 g/mol. The van der Waals surface area contributed by atoms with E-state index in [0.717, 1.165) is 18.4 Å². The van der Waals surface area contributed by atoms with E-state index in [-0.39, 0.29) is 35.5 Å². The highest BCUT2D eigenvalue weighted by atomic mass is 16.8. The van der Waals surface area contributed by atoms with Crippen LogP contribution in [0.25, 0.3) is 0 Å². The number of allylic oxidation sites excluding steroid dienone is 1. The second kappa shape index (κ2) is 31.5. The summed E-state index contributed by atoms with van der Waals surface area (Å²) in [6, 6.07) is 0. The van der Waals surface area contributed by atoms with Gasteiger partial charge in [0.2, 0.25) is 0 Å². The number of fused-ring (bicyclic) bond motifs is 5. The first-order valence-corrected chi connectivity index (χ1v) is 35.1. The molecule has 580 valence electrons. The van der Waals surface area contributed by atoms with Crippen molar-refractivity contribution in [1.29, 1.82) is 0 Å². The van der Waals surface area contributed by atoms with Crippen LogP contribution in [0, 0.1) is 45.3 Å². The molecule has 0 amide bonds. The van der Waals surface area contributed by atoms with Gasteiger partial charge < -0.3 is 169 Å². The van der Waals surface area contributed by atoms with Crippen LogP contribution in [0.15, 0.2) is 11.6 Å². The minimum absolute atomic E-state index is 0.000548. The fourth-order valence-electron chi connectivity index (χ4n) is 18.5. The first kappa shape index (κ1) is 80.9. The van der Waals surface area contributed by atoms with Gasteiger partial charge in [0.15, 0.2) is 37.7 Å². The summed E-state index contributed by atoms with van der Waals surface area (Å²) in [4.78, 5) is 0. The lowest BCUT2D eigenvalue weighted by Gasteiger charge is -2.67. The van der Waals surface area contributed by atoms with Crippen LogP contribution in [-0.4, -0.2) is 360 Å². The SMILES string of the molecule is C[C@H](CC[C@@H](OC1OC(COC2OC(CO)C(O)C(O)C2O)C(O)C(O)C1OC1OC(CO)C(O)C(O)C1OC1OC(CO)C(O)C(O)C1O)C(C)(C)O)C1CC[C@@]2(C)C3CC=C4C(CC[C@H](OC5OC(COC6OC(CO)C(O)C(O)C6O)C(O)C(O)C5O)C4(C)C)[C@]3(C)[C@H](O)C[C@]12C. The lowest BCUT2D eigenvalue weighted by molar-refractivity contribution is -0.399. The van der Waals surface area contributed by atoms with Crippen molar-refractivity contribution in [2.75, 3.05) is 39.6 Å². The van der Waals surface area contributed by atoms with E-state index < -0.39 is 264 Å². The van der Waals surface area contributed by atoms with E-state index in [4.69, 9.17) is 56.8 Å². The molecule has 34 heteroatoms. The summed E-state index contributed by atoms with van der Waals surface area (Å²) in [6.07, 6.45) is -49.3. The molecule has 6 saturated heterocycles. The maximum Gasteiger partial charge on any atom is 0.187 e. The number of hydrogen-bond acceptors (Lipinski definition) is 34. The van der Waals surface area contributed by atoms with Crippen LogP contribution < -0.4 is 0 Å². The predicted molar refractivity (Wildman–Crippen MR) is 333 cm³/mol. The van der Waals surface area contributed by atoms with Crippen LogP contribution >= 0.6 is 0 Å². The fourth-order valence-corrected chi connectivity index (χ4v) is 18.5. The van der Waals surface area contributed by atoms with E-state index in [9.17, 15) is 112 Å². The van der Waals surface area contributed by atoms with Gasteiger partial charge in [-0.05, 0) is 99.7 Å². The summed E-state index contributed by atoms with van der Waals surface area (Å²) in [5, 5.41) is 240. The highest BCUT2D eigenvalue weighted by Crippen LogP contribution is 2.75. The van der Waals surface area contributed by atoms with Gasteiger partial charge in [-0.25, -0.2) is 0 Å². The van der Waals surface area contributed by atoms with Crippen LogP contribution in [0.2, 0.25) is 0 Å². The van der Waals surface area contributed by atoms with Gasteiger partial charge in [-0.1, -0.05) is 53.2 Å². The Balaban J connectivity index is 0.851. The van der Waals surface area contributed by atoms with Gasteiger partial charge >= 0.3 is 0 Å². The van der Waals surface area contributed by atoms with Crippen molar-refractivity contribution in [3.8, 4) is 0 Å². The monoisotopic (exact) mass is 1450 g/mol. The van der Waals surface area contributed by atoms with Gasteiger partial charge in [0.25, 0.3) is 0 Å². The molecule has 3 saturated carbocycles. The van der Waals surface area contributed by atoms with Crippen molar-refractivity contribution >= 4 is 0 Å². The predicted octanol–water partition coefficient (Wildman–Crippen LogP) is -7.58. The van der Waals surface area contributed by atoms with E-state index in [2.05, 4.69) is 33.8 Å². The maximum atomic E-state index is 12.9. The number of hydrogen-bond donors (Lipinski definition) is 22. The van der Waals surface area contributed by atoms with Crippen molar-refractivity contribution in [2.45, 2.75) is 315 Å². The minimum atomic E-state index is -2.10. The quantitative estimate of drug-likeness (QED) is 0.0423. The molecular weight excluding hydrogens is 1340 g/mol. The Hall–Kier alpha value is -1.62. The van der Waals surface area contributed by atoms with E-state index in [1.807, 2.05) is 13.8 Å². The molecule has 6 heterocycles. The molecule has 4 aliphatic carbocycles. The number of ether oxygens (including phenoxy) is 12. The van der Waals surface area contributed by atoms with Crippen LogP contribution in [0.1, 0.15) is 107 Å². The Labute approximate surface area is 579 Å². The molecule has 40 atom stereocenters. The van der Waals surface area contributed by atoms with Gasteiger partial charge in [0, 0.05) is 10.8 Å². The van der Waals surface area contributed by atoms with E-state index in [1.54, 1.807) is 0 Å². The molecule has 100 heavy (non-hydrogen) atoms. The Morgan fingerprint density at radius 2 is 0.860 bits per heavy atom. The van der Waals surface area contributed by atoms with E-state index in [0.29, 0.717) is 32.1 Å². The van der Waals surface area contributed by atoms with Crippen molar-refractivity contribution in [2.24, 2.45) is 45.3 Å². The first-order valence-electron chi connectivity index (χ1n) is 35.1. The molecule has 0 aromatic rings. The highest BCUT2D eigenvalue weighted by Gasteiger charge is 2.71. The zero-order valence-corrected chi connectivity index (χ0v) is 57.6. The summed E-state index contributed by atoms with van der Waals surface area (Å²) in [5.41, 5.74) is -2.81. The summed E-state index contributed by atoms with van der Waals surface area (Å²) < 4.78 is 71.7. The fraction of sp³-hybridized carbons (Fsp3) is 0.970. The third kappa shape index (κ3) is 14.8. The summed E-state index contributed by atoms with van der Waals surface area (Å²) in [5.74, 6) is -0.244. The lowest BCUT2D eigenvalue weighted by atomic mass is 9.38. The Bertz CT molecular complexity index is 2670.